The fourth-order valence-corrected chi connectivity index (χ4v) is 3.96. The van der Waals surface area contributed by atoms with Gasteiger partial charge in [0, 0.05) is 12.5 Å². The van der Waals surface area contributed by atoms with Gasteiger partial charge in [0.25, 0.3) is 0 Å². The van der Waals surface area contributed by atoms with Gasteiger partial charge < -0.3 is 30.5 Å². The van der Waals surface area contributed by atoms with Crippen molar-refractivity contribution in [3.05, 3.63) is 83.9 Å². The Morgan fingerprint density at radius 1 is 1.05 bits per heavy atom. The van der Waals surface area contributed by atoms with Crippen molar-refractivity contribution in [2.75, 3.05) is 13.2 Å². The number of cyclic esters (lactones) is 1. The van der Waals surface area contributed by atoms with Crippen LogP contribution in [0.5, 0.6) is 0 Å². The van der Waals surface area contributed by atoms with E-state index in [9.17, 15) is 24.3 Å². The number of hydrogen-bond acceptors (Lipinski definition) is 7. The van der Waals surface area contributed by atoms with E-state index >= 15 is 0 Å². The first kappa shape index (κ1) is 29.4. The summed E-state index contributed by atoms with van der Waals surface area (Å²) >= 11 is 0. The van der Waals surface area contributed by atoms with Crippen LogP contribution >= 0.6 is 0 Å². The lowest BCUT2D eigenvalue weighted by Crippen LogP contribution is -2.44. The molecule has 10 heteroatoms. The molecule has 2 aromatic carbocycles. The molecule has 0 fully saturated rings. The maximum Gasteiger partial charge on any atom is 0.408 e. The van der Waals surface area contributed by atoms with Crippen molar-refractivity contribution in [3.63, 3.8) is 0 Å². The Labute approximate surface area is 227 Å². The smallest absolute Gasteiger partial charge is 0.408 e. The topological polar surface area (TPSA) is 143 Å². The SMILES string of the molecule is C[C@@H](CO)NC(=O)C[C@H]1CC=CC[C@@H](NC(=O)OCc2ccccc2)C(=O)OC[C@@H](c2ccccc2)NC1=O. The van der Waals surface area contributed by atoms with Crippen LogP contribution in [0.25, 0.3) is 0 Å². The molecule has 3 rings (SSSR count). The molecule has 1 aliphatic heterocycles. The number of aliphatic hydroxyl groups excluding tert-OH is 1. The summed E-state index contributed by atoms with van der Waals surface area (Å²) in [5.74, 6) is -2.09. The van der Waals surface area contributed by atoms with E-state index in [-0.39, 0.29) is 50.9 Å². The fraction of sp³-hybridized carbons (Fsp3) is 0.379. The summed E-state index contributed by atoms with van der Waals surface area (Å²) in [6.07, 6.45) is 2.85. The number of allylic oxidation sites excluding steroid dienone is 1. The first-order chi connectivity index (χ1) is 18.9. The van der Waals surface area contributed by atoms with Crippen molar-refractivity contribution >= 4 is 23.9 Å². The molecule has 39 heavy (non-hydrogen) atoms. The Balaban J connectivity index is 1.74. The molecule has 0 aromatic heterocycles. The molecule has 208 valence electrons. The number of ether oxygens (including phenoxy) is 2. The van der Waals surface area contributed by atoms with Gasteiger partial charge >= 0.3 is 12.1 Å². The molecule has 0 saturated carbocycles. The highest BCUT2D eigenvalue weighted by molar-refractivity contribution is 5.86. The molecule has 0 saturated heterocycles. The minimum Gasteiger partial charge on any atom is -0.462 e. The van der Waals surface area contributed by atoms with E-state index < -0.39 is 36.1 Å². The summed E-state index contributed by atoms with van der Waals surface area (Å²) < 4.78 is 10.8. The first-order valence-electron chi connectivity index (χ1n) is 12.9. The van der Waals surface area contributed by atoms with Gasteiger partial charge in [-0.15, -0.1) is 0 Å². The fourth-order valence-electron chi connectivity index (χ4n) is 3.96. The molecule has 1 heterocycles. The van der Waals surface area contributed by atoms with Gasteiger partial charge in [-0.05, 0) is 30.9 Å². The van der Waals surface area contributed by atoms with Gasteiger partial charge in [-0.25, -0.2) is 9.59 Å². The molecule has 0 aliphatic carbocycles. The standard InChI is InChI=1S/C29H35N3O7/c1-20(17-33)30-26(34)16-23-14-8-9-15-24(32-29(37)39-18-21-10-4-2-5-11-21)28(36)38-19-25(31-27(23)35)22-12-6-3-7-13-22/h2-13,20,23-25,33H,14-19H2,1H3,(H,30,34)(H,31,35)(H,32,37)/t20-,23+,24+,25-/m0/s1. The molecular weight excluding hydrogens is 502 g/mol. The minimum absolute atomic E-state index is 0.0467. The Kier molecular flexibility index (Phi) is 11.5. The number of hydrogen-bond donors (Lipinski definition) is 4. The molecule has 4 N–H and O–H groups in total. The summed E-state index contributed by atoms with van der Waals surface area (Å²) in [4.78, 5) is 51.0. The average Bonchev–Trinajstić information content (AvgIpc) is 2.95. The second-order valence-corrected chi connectivity index (χ2v) is 9.36. The van der Waals surface area contributed by atoms with Crippen molar-refractivity contribution < 1.29 is 33.8 Å². The Bertz CT molecular complexity index is 1120. The van der Waals surface area contributed by atoms with Gasteiger partial charge in [-0.2, -0.15) is 0 Å². The Hall–Kier alpha value is -4.18. The van der Waals surface area contributed by atoms with Crippen LogP contribution in [0.3, 0.4) is 0 Å². The second kappa shape index (κ2) is 15.3. The van der Waals surface area contributed by atoms with Crippen LogP contribution in [-0.2, 0) is 30.5 Å². The van der Waals surface area contributed by atoms with Crippen LogP contribution in [0.15, 0.2) is 72.8 Å². The number of carbonyl (C=O) groups is 4. The molecule has 0 radical (unpaired) electrons. The molecular formula is C29H35N3O7. The van der Waals surface area contributed by atoms with Gasteiger partial charge in [0.2, 0.25) is 11.8 Å². The number of aliphatic hydroxyl groups is 1. The van der Waals surface area contributed by atoms with E-state index in [1.54, 1.807) is 43.3 Å². The summed E-state index contributed by atoms with van der Waals surface area (Å²) in [6.45, 7) is 1.32. The summed E-state index contributed by atoms with van der Waals surface area (Å²) in [5, 5.41) is 17.3. The lowest BCUT2D eigenvalue weighted by molar-refractivity contribution is -0.147. The van der Waals surface area contributed by atoms with Crippen LogP contribution in [0.4, 0.5) is 4.79 Å². The van der Waals surface area contributed by atoms with E-state index in [2.05, 4.69) is 16.0 Å². The number of esters is 1. The number of rotatable bonds is 8. The highest BCUT2D eigenvalue weighted by Gasteiger charge is 2.28. The maximum atomic E-state index is 13.2. The van der Waals surface area contributed by atoms with Gasteiger partial charge in [0.15, 0.2) is 0 Å². The third-order valence-electron chi connectivity index (χ3n) is 6.14. The third kappa shape index (κ3) is 9.90. The number of benzene rings is 2. The molecule has 10 nitrogen and oxygen atoms in total. The van der Waals surface area contributed by atoms with Crippen LogP contribution in [-0.4, -0.2) is 54.3 Å². The molecule has 4 atom stereocenters. The third-order valence-corrected chi connectivity index (χ3v) is 6.14. The predicted octanol–water partition coefficient (Wildman–Crippen LogP) is 2.54. The maximum absolute atomic E-state index is 13.2. The van der Waals surface area contributed by atoms with Crippen molar-refractivity contribution in [3.8, 4) is 0 Å². The molecule has 0 unspecified atom stereocenters. The zero-order chi connectivity index (χ0) is 28.0. The van der Waals surface area contributed by atoms with E-state index in [0.29, 0.717) is 0 Å². The quantitative estimate of drug-likeness (QED) is 0.299. The van der Waals surface area contributed by atoms with E-state index in [4.69, 9.17) is 9.47 Å². The highest BCUT2D eigenvalue weighted by atomic mass is 16.6. The lowest BCUT2D eigenvalue weighted by atomic mass is 9.97. The summed E-state index contributed by atoms with van der Waals surface area (Å²) in [7, 11) is 0. The molecule has 3 amide bonds. The van der Waals surface area contributed by atoms with Crippen molar-refractivity contribution in [2.45, 2.75) is 50.9 Å². The van der Waals surface area contributed by atoms with Crippen molar-refractivity contribution in [1.82, 2.24) is 16.0 Å². The lowest BCUT2D eigenvalue weighted by Gasteiger charge is -2.25. The zero-order valence-electron chi connectivity index (χ0n) is 21.9. The minimum atomic E-state index is -1.01. The van der Waals surface area contributed by atoms with E-state index in [1.807, 2.05) is 36.4 Å². The van der Waals surface area contributed by atoms with Crippen LogP contribution < -0.4 is 16.0 Å². The second-order valence-electron chi connectivity index (χ2n) is 9.36. The van der Waals surface area contributed by atoms with Gasteiger partial charge in [0.05, 0.1) is 18.6 Å². The molecule has 1 aliphatic rings. The Morgan fingerprint density at radius 2 is 1.72 bits per heavy atom. The zero-order valence-corrected chi connectivity index (χ0v) is 21.9. The Morgan fingerprint density at radius 3 is 2.41 bits per heavy atom. The molecule has 0 spiro atoms. The van der Waals surface area contributed by atoms with Crippen LogP contribution in [0, 0.1) is 5.92 Å². The average molecular weight is 538 g/mol. The number of nitrogens with one attached hydrogen (secondary N) is 3. The van der Waals surface area contributed by atoms with Gasteiger partial charge in [-0.1, -0.05) is 72.8 Å². The van der Waals surface area contributed by atoms with Crippen molar-refractivity contribution in [1.29, 1.82) is 0 Å². The largest absolute Gasteiger partial charge is 0.462 e. The summed E-state index contributed by atoms with van der Waals surface area (Å²) in [6, 6.07) is 16.1. The number of amides is 3. The number of alkyl carbamates (subject to hydrolysis) is 1. The molecule has 2 aromatic rings. The summed E-state index contributed by atoms with van der Waals surface area (Å²) in [5.41, 5.74) is 1.52. The number of carbonyl (C=O) groups excluding carboxylic acids is 4. The first-order valence-corrected chi connectivity index (χ1v) is 12.9. The normalized spacial score (nSPS) is 20.8. The van der Waals surface area contributed by atoms with E-state index in [0.717, 1.165) is 11.1 Å². The van der Waals surface area contributed by atoms with Gasteiger partial charge in [-0.3, -0.25) is 9.59 Å². The van der Waals surface area contributed by atoms with E-state index in [1.165, 1.54) is 0 Å². The highest BCUT2D eigenvalue weighted by Crippen LogP contribution is 2.19. The van der Waals surface area contributed by atoms with Gasteiger partial charge in [0.1, 0.15) is 19.3 Å². The van der Waals surface area contributed by atoms with Crippen molar-refractivity contribution in [2.24, 2.45) is 5.92 Å². The van der Waals surface area contributed by atoms with Crippen LogP contribution in [0.1, 0.15) is 43.4 Å². The predicted molar refractivity (Wildman–Crippen MR) is 143 cm³/mol. The molecule has 0 bridgehead atoms. The van der Waals surface area contributed by atoms with Crippen LogP contribution in [0.2, 0.25) is 0 Å². The monoisotopic (exact) mass is 537 g/mol.